The zero-order valence-electron chi connectivity index (χ0n) is 9.43. The lowest BCUT2D eigenvalue weighted by Crippen LogP contribution is -2.03. The quantitative estimate of drug-likeness (QED) is 0.907. The maximum absolute atomic E-state index is 9.20. The molecule has 0 unspecified atom stereocenters. The summed E-state index contributed by atoms with van der Waals surface area (Å²) in [6.45, 7) is 0.272. The van der Waals surface area contributed by atoms with Gasteiger partial charge in [0.25, 0.3) is 0 Å². The molecule has 0 saturated carbocycles. The third-order valence-corrected chi connectivity index (χ3v) is 2.80. The fourth-order valence-corrected chi connectivity index (χ4v) is 1.76. The van der Waals surface area contributed by atoms with Crippen molar-refractivity contribution < 1.29 is 9.84 Å². The molecule has 0 bridgehead atoms. The van der Waals surface area contributed by atoms with Gasteiger partial charge >= 0.3 is 0 Å². The molecular formula is C12H13ClN2O2. The van der Waals surface area contributed by atoms with E-state index in [0.717, 1.165) is 5.69 Å². The minimum Gasteiger partial charge on any atom is -0.485 e. The molecule has 0 atom stereocenters. The maximum Gasteiger partial charge on any atom is 0.143 e. The summed E-state index contributed by atoms with van der Waals surface area (Å²) in [5, 5.41) is 9.70. The molecule has 0 aliphatic heterocycles. The topological polar surface area (TPSA) is 47.3 Å². The Hall–Kier alpha value is -1.52. The van der Waals surface area contributed by atoms with Gasteiger partial charge in [-0.25, -0.2) is 4.98 Å². The van der Waals surface area contributed by atoms with Crippen molar-refractivity contribution in [2.24, 2.45) is 7.05 Å². The molecular weight excluding hydrogens is 240 g/mol. The maximum atomic E-state index is 9.20. The first-order valence-corrected chi connectivity index (χ1v) is 5.56. The number of aryl methyl sites for hydroxylation is 1. The van der Waals surface area contributed by atoms with Crippen LogP contribution in [0, 0.1) is 0 Å². The van der Waals surface area contributed by atoms with Gasteiger partial charge in [-0.15, -0.1) is 0 Å². The van der Waals surface area contributed by atoms with E-state index in [1.165, 1.54) is 0 Å². The predicted octanol–water partition coefficient (Wildman–Crippen LogP) is 2.14. The van der Waals surface area contributed by atoms with Gasteiger partial charge in [0.1, 0.15) is 12.4 Å². The van der Waals surface area contributed by atoms with E-state index in [9.17, 15) is 5.11 Å². The summed E-state index contributed by atoms with van der Waals surface area (Å²) in [5.41, 5.74) is 1.62. The average molecular weight is 253 g/mol. The summed E-state index contributed by atoms with van der Waals surface area (Å²) in [5.74, 6) is 0.526. The fraction of sp³-hybridized carbons (Fsp3) is 0.250. The van der Waals surface area contributed by atoms with Gasteiger partial charge in [0, 0.05) is 12.6 Å². The Balaban J connectivity index is 2.16. The molecule has 0 amide bonds. The lowest BCUT2D eigenvalue weighted by molar-refractivity contribution is 0.256. The largest absolute Gasteiger partial charge is 0.485 e. The van der Waals surface area contributed by atoms with Crippen LogP contribution in [-0.2, 0) is 20.3 Å². The number of nitrogens with zero attached hydrogens (tertiary/aromatic N) is 2. The van der Waals surface area contributed by atoms with Gasteiger partial charge < -0.3 is 14.4 Å². The number of aliphatic hydroxyl groups is 1. The Labute approximate surface area is 104 Å². The van der Waals surface area contributed by atoms with E-state index < -0.39 is 0 Å². The van der Waals surface area contributed by atoms with E-state index in [-0.39, 0.29) is 6.61 Å². The first kappa shape index (κ1) is 12.0. The van der Waals surface area contributed by atoms with E-state index in [2.05, 4.69) is 4.98 Å². The van der Waals surface area contributed by atoms with Crippen LogP contribution in [0.5, 0.6) is 5.75 Å². The number of para-hydroxylation sites is 1. The van der Waals surface area contributed by atoms with Crippen molar-refractivity contribution in [1.29, 1.82) is 0 Å². The predicted molar refractivity (Wildman–Crippen MR) is 64.9 cm³/mol. The number of rotatable bonds is 4. The summed E-state index contributed by atoms with van der Waals surface area (Å²) in [4.78, 5) is 4.00. The number of aliphatic hydroxyl groups excluding tert-OH is 1. The van der Waals surface area contributed by atoms with E-state index >= 15 is 0 Å². The summed E-state index contributed by atoms with van der Waals surface area (Å²) >= 11 is 6.03. The summed E-state index contributed by atoms with van der Waals surface area (Å²) in [6, 6.07) is 5.30. The van der Waals surface area contributed by atoms with Gasteiger partial charge in [0.2, 0.25) is 0 Å². The molecule has 1 aromatic heterocycles. The van der Waals surface area contributed by atoms with Crippen molar-refractivity contribution in [3.63, 3.8) is 0 Å². The SMILES string of the molecule is Cn1cncc1COc1c(Cl)cccc1CO. The molecule has 1 N–H and O–H groups in total. The number of halogens is 1. The average Bonchev–Trinajstić information content (AvgIpc) is 2.73. The summed E-state index contributed by atoms with van der Waals surface area (Å²) in [6.07, 6.45) is 3.44. The Morgan fingerprint density at radius 2 is 2.29 bits per heavy atom. The van der Waals surface area contributed by atoms with Gasteiger partial charge in [0.05, 0.1) is 29.8 Å². The van der Waals surface area contributed by atoms with Gasteiger partial charge in [-0.2, -0.15) is 0 Å². The van der Waals surface area contributed by atoms with Crippen LogP contribution in [0.3, 0.4) is 0 Å². The molecule has 0 aliphatic carbocycles. The summed E-state index contributed by atoms with van der Waals surface area (Å²) in [7, 11) is 1.89. The Bertz CT molecular complexity index is 511. The molecule has 0 spiro atoms. The van der Waals surface area contributed by atoms with Crippen molar-refractivity contribution in [3.8, 4) is 5.75 Å². The molecule has 17 heavy (non-hydrogen) atoms. The standard InChI is InChI=1S/C12H13ClN2O2/c1-15-8-14-5-10(15)7-17-12-9(6-16)3-2-4-11(12)13/h2-5,8,16H,6-7H2,1H3. The lowest BCUT2D eigenvalue weighted by Gasteiger charge is -2.11. The van der Waals surface area contributed by atoms with Crippen LogP contribution in [0.15, 0.2) is 30.7 Å². The van der Waals surface area contributed by atoms with Gasteiger partial charge in [0.15, 0.2) is 0 Å². The molecule has 5 heteroatoms. The van der Waals surface area contributed by atoms with E-state index in [1.807, 2.05) is 11.6 Å². The second-order valence-electron chi connectivity index (χ2n) is 3.67. The van der Waals surface area contributed by atoms with E-state index in [1.54, 1.807) is 30.7 Å². The molecule has 1 heterocycles. The highest BCUT2D eigenvalue weighted by Crippen LogP contribution is 2.29. The molecule has 0 saturated heterocycles. The number of benzene rings is 1. The molecule has 2 rings (SSSR count). The number of aromatic nitrogens is 2. The Morgan fingerprint density at radius 3 is 2.94 bits per heavy atom. The highest BCUT2D eigenvalue weighted by Gasteiger charge is 2.08. The number of ether oxygens (including phenoxy) is 1. The van der Waals surface area contributed by atoms with Crippen LogP contribution in [0.25, 0.3) is 0 Å². The second kappa shape index (κ2) is 5.21. The first-order chi connectivity index (χ1) is 8.22. The van der Waals surface area contributed by atoms with E-state index in [4.69, 9.17) is 16.3 Å². The molecule has 0 aliphatic rings. The minimum atomic E-state index is -0.0960. The number of imidazole rings is 1. The van der Waals surface area contributed by atoms with Crippen LogP contribution < -0.4 is 4.74 Å². The van der Waals surface area contributed by atoms with Gasteiger partial charge in [-0.1, -0.05) is 23.7 Å². The Morgan fingerprint density at radius 1 is 1.47 bits per heavy atom. The number of hydrogen-bond donors (Lipinski definition) is 1. The first-order valence-electron chi connectivity index (χ1n) is 5.18. The van der Waals surface area contributed by atoms with Gasteiger partial charge in [-0.05, 0) is 6.07 Å². The van der Waals surface area contributed by atoms with Crippen LogP contribution in [0.2, 0.25) is 5.02 Å². The van der Waals surface area contributed by atoms with Gasteiger partial charge in [-0.3, -0.25) is 0 Å². The third kappa shape index (κ3) is 2.60. The minimum absolute atomic E-state index is 0.0960. The molecule has 90 valence electrons. The monoisotopic (exact) mass is 252 g/mol. The molecule has 0 fully saturated rings. The van der Waals surface area contributed by atoms with Crippen molar-refractivity contribution in [2.45, 2.75) is 13.2 Å². The van der Waals surface area contributed by atoms with Crippen LogP contribution in [0.1, 0.15) is 11.3 Å². The zero-order valence-corrected chi connectivity index (χ0v) is 10.2. The summed E-state index contributed by atoms with van der Waals surface area (Å²) < 4.78 is 7.50. The normalized spacial score (nSPS) is 10.5. The smallest absolute Gasteiger partial charge is 0.143 e. The Kier molecular flexibility index (Phi) is 3.66. The lowest BCUT2D eigenvalue weighted by atomic mass is 10.2. The highest BCUT2D eigenvalue weighted by molar-refractivity contribution is 6.32. The van der Waals surface area contributed by atoms with Crippen LogP contribution >= 0.6 is 11.6 Å². The second-order valence-corrected chi connectivity index (χ2v) is 4.08. The molecule has 1 aromatic carbocycles. The van der Waals surface area contributed by atoms with Crippen molar-refractivity contribution in [2.75, 3.05) is 0 Å². The van der Waals surface area contributed by atoms with Crippen molar-refractivity contribution in [3.05, 3.63) is 47.0 Å². The van der Waals surface area contributed by atoms with Crippen LogP contribution in [0.4, 0.5) is 0 Å². The zero-order chi connectivity index (χ0) is 12.3. The third-order valence-electron chi connectivity index (χ3n) is 2.50. The van der Waals surface area contributed by atoms with Crippen molar-refractivity contribution >= 4 is 11.6 Å². The van der Waals surface area contributed by atoms with Crippen LogP contribution in [-0.4, -0.2) is 14.7 Å². The van der Waals surface area contributed by atoms with E-state index in [0.29, 0.717) is 22.9 Å². The molecule has 0 radical (unpaired) electrons. The van der Waals surface area contributed by atoms with Crippen molar-refractivity contribution in [1.82, 2.24) is 9.55 Å². The fourth-order valence-electron chi connectivity index (χ4n) is 1.51. The molecule has 2 aromatic rings. The highest BCUT2D eigenvalue weighted by atomic mass is 35.5. The molecule has 4 nitrogen and oxygen atoms in total. The number of hydrogen-bond acceptors (Lipinski definition) is 3.